The van der Waals surface area contributed by atoms with Crippen LogP contribution in [0.15, 0.2) is 59.3 Å². The lowest BCUT2D eigenvalue weighted by Crippen LogP contribution is -2.54. The standard InChI is InChI=1S/C44H57N9O6/c1-27(2)42(44(55)56)39-23-40(49-59-39)51-17-10-28(11-18-51)24-50-15-12-32(13-16-50)57-33-20-34(21-33)58-41-19-29(9-14-46-41)53-30-7-8-31(53)26-52(25-30)37-22-36(47-48-43(37)45)35-5-3-4-6-38(35)54/h3-6,9,14,19,22-23,27-28,30-34,42,54H,7-8,10-13,15-18,20-21,24-26H2,1-2H3,(H2,45,48)(H,55,56)/t30?,31?,33-,34-,42?. The number of nitrogens with zero attached hydrogens (tertiary/aromatic N) is 8. The number of carbonyl (C=O) groups is 1. The van der Waals surface area contributed by atoms with E-state index in [9.17, 15) is 15.0 Å². The number of aromatic nitrogens is 4. The Balaban J connectivity index is 0.701. The number of carboxylic acid groups (broad SMARTS) is 1. The van der Waals surface area contributed by atoms with Crippen LogP contribution in [0.4, 0.5) is 23.0 Å². The van der Waals surface area contributed by atoms with E-state index >= 15 is 0 Å². The maximum atomic E-state index is 11.7. The summed E-state index contributed by atoms with van der Waals surface area (Å²) < 4.78 is 18.5. The minimum atomic E-state index is -0.874. The lowest BCUT2D eigenvalue weighted by molar-refractivity contribution is -0.140. The van der Waals surface area contributed by atoms with Crippen molar-refractivity contribution < 1.29 is 29.0 Å². The lowest BCUT2D eigenvalue weighted by atomic mass is 9.91. The summed E-state index contributed by atoms with van der Waals surface area (Å²) in [6.07, 6.45) is 10.8. The van der Waals surface area contributed by atoms with E-state index in [4.69, 9.17) is 19.7 Å². The molecule has 3 aromatic heterocycles. The summed E-state index contributed by atoms with van der Waals surface area (Å²) in [5.74, 6) is 1.45. The molecule has 5 fully saturated rings. The first-order chi connectivity index (χ1) is 28.6. The van der Waals surface area contributed by atoms with Gasteiger partial charge in [-0.1, -0.05) is 31.1 Å². The Bertz CT molecular complexity index is 2060. The van der Waals surface area contributed by atoms with Crippen LogP contribution in [0.5, 0.6) is 11.6 Å². The van der Waals surface area contributed by atoms with Gasteiger partial charge in [-0.3, -0.25) is 4.79 Å². The van der Waals surface area contributed by atoms with Gasteiger partial charge < -0.3 is 49.5 Å². The zero-order valence-electron chi connectivity index (χ0n) is 34.1. The van der Waals surface area contributed by atoms with Crippen LogP contribution < -0.4 is 25.2 Å². The molecule has 314 valence electrons. The van der Waals surface area contributed by atoms with E-state index < -0.39 is 11.9 Å². The van der Waals surface area contributed by atoms with Gasteiger partial charge in [0.2, 0.25) is 5.88 Å². The van der Waals surface area contributed by atoms with Gasteiger partial charge in [-0.05, 0) is 74.6 Å². The molecule has 9 rings (SSSR count). The number of likely N-dealkylation sites (tertiary alicyclic amines) is 1. The number of nitrogen functional groups attached to an aromatic ring is 1. The van der Waals surface area contributed by atoms with E-state index in [1.165, 1.54) is 0 Å². The molecule has 2 bridgehead atoms. The van der Waals surface area contributed by atoms with Crippen LogP contribution >= 0.6 is 0 Å². The number of hydrogen-bond acceptors (Lipinski definition) is 14. The molecular weight excluding hydrogens is 751 g/mol. The van der Waals surface area contributed by atoms with E-state index in [1.807, 2.05) is 44.3 Å². The van der Waals surface area contributed by atoms with Crippen LogP contribution in [0.3, 0.4) is 0 Å². The van der Waals surface area contributed by atoms with Crippen molar-refractivity contribution in [1.29, 1.82) is 0 Å². The molecule has 7 heterocycles. The summed E-state index contributed by atoms with van der Waals surface area (Å²) >= 11 is 0. The number of piperidine rings is 2. The van der Waals surface area contributed by atoms with Gasteiger partial charge in [-0.2, -0.15) is 0 Å². The van der Waals surface area contributed by atoms with Gasteiger partial charge in [0.25, 0.3) is 0 Å². The topological polar surface area (TPSA) is 180 Å². The van der Waals surface area contributed by atoms with E-state index in [0.717, 1.165) is 114 Å². The van der Waals surface area contributed by atoms with Crippen molar-refractivity contribution in [3.63, 3.8) is 0 Å². The summed E-state index contributed by atoms with van der Waals surface area (Å²) in [5, 5.41) is 32.8. The minimum absolute atomic E-state index is 0.0655. The highest BCUT2D eigenvalue weighted by atomic mass is 16.5. The minimum Gasteiger partial charge on any atom is -0.507 e. The number of phenols is 1. The van der Waals surface area contributed by atoms with E-state index in [1.54, 1.807) is 12.1 Å². The molecule has 1 aromatic carbocycles. The largest absolute Gasteiger partial charge is 0.507 e. The molecule has 4 N–H and O–H groups in total. The predicted octanol–water partition coefficient (Wildman–Crippen LogP) is 5.80. The summed E-state index contributed by atoms with van der Waals surface area (Å²) in [4.78, 5) is 26.0. The van der Waals surface area contributed by atoms with Crippen molar-refractivity contribution in [2.75, 3.05) is 66.2 Å². The quantitative estimate of drug-likeness (QED) is 0.147. The summed E-state index contributed by atoms with van der Waals surface area (Å²) in [6, 6.07) is 15.8. The van der Waals surface area contributed by atoms with Crippen molar-refractivity contribution in [3.05, 3.63) is 60.5 Å². The second-order valence-electron chi connectivity index (χ2n) is 17.6. The van der Waals surface area contributed by atoms with Gasteiger partial charge >= 0.3 is 5.97 Å². The molecule has 4 saturated heterocycles. The monoisotopic (exact) mass is 807 g/mol. The van der Waals surface area contributed by atoms with Gasteiger partial charge in [0.15, 0.2) is 17.4 Å². The number of rotatable bonds is 13. The van der Waals surface area contributed by atoms with Crippen molar-refractivity contribution in [1.82, 2.24) is 25.2 Å². The van der Waals surface area contributed by atoms with Crippen LogP contribution in [0.1, 0.15) is 76.9 Å². The first kappa shape index (κ1) is 39.3. The average Bonchev–Trinajstić information content (AvgIpc) is 3.79. The lowest BCUT2D eigenvalue weighted by Gasteiger charge is -2.43. The van der Waals surface area contributed by atoms with Gasteiger partial charge in [-0.15, -0.1) is 10.2 Å². The third-order valence-corrected chi connectivity index (χ3v) is 13.3. The normalized spacial score (nSPS) is 24.7. The van der Waals surface area contributed by atoms with Crippen molar-refractivity contribution in [3.8, 4) is 22.9 Å². The van der Waals surface area contributed by atoms with E-state index in [0.29, 0.717) is 52.8 Å². The fourth-order valence-electron chi connectivity index (χ4n) is 10.0. The number of piperazine rings is 1. The number of anilines is 4. The number of pyridine rings is 1. The number of ether oxygens (including phenoxy) is 2. The van der Waals surface area contributed by atoms with E-state index in [2.05, 4.69) is 52.1 Å². The number of aromatic hydroxyl groups is 1. The Kier molecular flexibility index (Phi) is 11.2. The molecule has 15 nitrogen and oxygen atoms in total. The highest BCUT2D eigenvalue weighted by Crippen LogP contribution is 2.40. The predicted molar refractivity (Wildman–Crippen MR) is 224 cm³/mol. The summed E-state index contributed by atoms with van der Waals surface area (Å²) in [6.45, 7) is 10.5. The van der Waals surface area contributed by atoms with Crippen LogP contribution in [0.2, 0.25) is 0 Å². The van der Waals surface area contributed by atoms with Crippen LogP contribution in [-0.2, 0) is 9.53 Å². The molecule has 59 heavy (non-hydrogen) atoms. The van der Waals surface area contributed by atoms with Crippen molar-refractivity contribution >= 4 is 29.0 Å². The second-order valence-corrected chi connectivity index (χ2v) is 17.6. The molecule has 0 radical (unpaired) electrons. The Labute approximate surface area is 345 Å². The molecule has 0 amide bonds. The molecule has 4 aliphatic heterocycles. The zero-order chi connectivity index (χ0) is 40.6. The maximum Gasteiger partial charge on any atom is 0.314 e. The average molecular weight is 808 g/mol. The molecule has 1 aliphatic carbocycles. The summed E-state index contributed by atoms with van der Waals surface area (Å²) in [7, 11) is 0. The fraction of sp³-hybridized carbons (Fsp3) is 0.568. The van der Waals surface area contributed by atoms with E-state index in [-0.39, 0.29) is 23.9 Å². The maximum absolute atomic E-state index is 11.7. The molecule has 3 atom stereocenters. The number of nitrogens with two attached hydrogens (primary N) is 1. The van der Waals surface area contributed by atoms with Gasteiger partial charge in [-0.25, -0.2) is 4.98 Å². The molecule has 1 saturated carbocycles. The molecule has 0 spiro atoms. The van der Waals surface area contributed by atoms with Gasteiger partial charge in [0, 0.05) is 100 Å². The molecular formula is C44H57N9O6. The molecule has 4 aromatic rings. The number of fused-ring (bicyclic) bond motifs is 2. The Morgan fingerprint density at radius 2 is 1.64 bits per heavy atom. The number of phenolic OH excluding ortho intramolecular Hbond substituents is 1. The second kappa shape index (κ2) is 16.8. The Hall–Kier alpha value is -5.15. The van der Waals surface area contributed by atoms with Gasteiger partial charge in [0.1, 0.15) is 17.8 Å². The third-order valence-electron chi connectivity index (χ3n) is 13.3. The Morgan fingerprint density at radius 1 is 0.898 bits per heavy atom. The SMILES string of the molecule is CC(C)C(C(=O)O)c1cc(N2CCC(CN3CCC(O[C@H]4C[C@H](Oc5cc(N6C7CCC6CN(c6cc(-c8ccccc8O)nnc6N)C7)ccn5)C4)CC3)CC2)no1. The highest BCUT2D eigenvalue weighted by Gasteiger charge is 2.41. The van der Waals surface area contributed by atoms with Crippen LogP contribution in [-0.4, -0.2) is 118 Å². The van der Waals surface area contributed by atoms with Crippen molar-refractivity contribution in [2.45, 2.75) is 102 Å². The smallest absolute Gasteiger partial charge is 0.314 e. The Morgan fingerprint density at radius 3 is 2.36 bits per heavy atom. The molecule has 3 unspecified atom stereocenters. The van der Waals surface area contributed by atoms with Crippen molar-refractivity contribution in [2.24, 2.45) is 11.8 Å². The van der Waals surface area contributed by atoms with Crippen LogP contribution in [0.25, 0.3) is 11.3 Å². The number of carboxylic acids is 1. The highest BCUT2D eigenvalue weighted by molar-refractivity contribution is 5.76. The first-order valence-electron chi connectivity index (χ1n) is 21.5. The number of hydrogen-bond donors (Lipinski definition) is 3. The molecule has 5 aliphatic rings. The third kappa shape index (κ3) is 8.49. The van der Waals surface area contributed by atoms with Gasteiger partial charge in [0.05, 0.1) is 23.6 Å². The van der Waals surface area contributed by atoms with Crippen LogP contribution in [0, 0.1) is 11.8 Å². The first-order valence-corrected chi connectivity index (χ1v) is 21.5. The summed E-state index contributed by atoms with van der Waals surface area (Å²) in [5.41, 5.74) is 9.61. The number of para-hydroxylation sites is 1. The number of benzene rings is 1. The zero-order valence-corrected chi connectivity index (χ0v) is 34.1. The number of aliphatic carboxylic acids is 1. The molecule has 15 heteroatoms. The fourth-order valence-corrected chi connectivity index (χ4v) is 10.0.